The Labute approximate surface area is 197 Å². The van der Waals surface area contributed by atoms with Crippen LogP contribution in [0.3, 0.4) is 0 Å². The fourth-order valence-electron chi connectivity index (χ4n) is 3.43. The fraction of sp³-hybridized carbons (Fsp3) is 0. The van der Waals surface area contributed by atoms with Crippen LogP contribution in [0, 0.1) is 11.6 Å². The highest BCUT2D eigenvalue weighted by molar-refractivity contribution is 6.11. The van der Waals surface area contributed by atoms with Gasteiger partial charge in [0.15, 0.2) is 17.4 Å². The molecule has 0 aliphatic rings. The van der Waals surface area contributed by atoms with E-state index in [0.29, 0.717) is 22.5 Å². The summed E-state index contributed by atoms with van der Waals surface area (Å²) in [6.07, 6.45) is 4.88. The lowest BCUT2D eigenvalue weighted by Crippen LogP contribution is -2.20. The van der Waals surface area contributed by atoms with Gasteiger partial charge in [0, 0.05) is 23.6 Å². The van der Waals surface area contributed by atoms with Gasteiger partial charge in [-0.15, -0.1) is 0 Å². The lowest BCUT2D eigenvalue weighted by molar-refractivity contribution is 0.103. The number of halogens is 2. The number of fused-ring (bicyclic) bond motifs is 1. The van der Waals surface area contributed by atoms with Gasteiger partial charge in [-0.05, 0) is 60.7 Å². The third-order valence-corrected chi connectivity index (χ3v) is 5.12. The number of rotatable bonds is 5. The molecule has 0 fully saturated rings. The normalized spacial score (nSPS) is 10.8. The Morgan fingerprint density at radius 2 is 1.71 bits per heavy atom. The maximum absolute atomic E-state index is 15.2. The molecule has 3 aromatic carbocycles. The summed E-state index contributed by atoms with van der Waals surface area (Å²) < 4.78 is 29.7. The first-order valence-electron chi connectivity index (χ1n) is 10.4. The summed E-state index contributed by atoms with van der Waals surface area (Å²) in [6, 6.07) is 14.9. The van der Waals surface area contributed by atoms with Crippen LogP contribution in [0.4, 0.5) is 25.0 Å². The number of aromatic nitrogens is 4. The molecule has 5 aromatic rings. The highest BCUT2D eigenvalue weighted by Crippen LogP contribution is 2.23. The largest absolute Gasteiger partial charge is 0.323 e. The van der Waals surface area contributed by atoms with Gasteiger partial charge in [0.2, 0.25) is 0 Å². The van der Waals surface area contributed by atoms with Crippen molar-refractivity contribution in [2.45, 2.75) is 0 Å². The van der Waals surface area contributed by atoms with Gasteiger partial charge < -0.3 is 10.6 Å². The monoisotopic (exact) mass is 470 g/mol. The van der Waals surface area contributed by atoms with Crippen molar-refractivity contribution >= 4 is 34.2 Å². The Balaban J connectivity index is 1.39. The number of amides is 2. The van der Waals surface area contributed by atoms with Crippen molar-refractivity contribution in [3.63, 3.8) is 0 Å². The van der Waals surface area contributed by atoms with Gasteiger partial charge in [-0.3, -0.25) is 9.78 Å². The predicted octanol–water partition coefficient (Wildman–Crippen LogP) is 4.97. The molecule has 0 saturated heterocycles. The van der Waals surface area contributed by atoms with E-state index >= 15 is 4.39 Å². The number of anilines is 2. The van der Waals surface area contributed by atoms with E-state index in [1.807, 2.05) is 0 Å². The zero-order valence-corrected chi connectivity index (χ0v) is 17.9. The minimum Gasteiger partial charge on any atom is -0.308 e. The van der Waals surface area contributed by atoms with Crippen LogP contribution in [-0.2, 0) is 0 Å². The van der Waals surface area contributed by atoms with Crippen LogP contribution < -0.4 is 10.6 Å². The molecule has 0 radical (unpaired) electrons. The smallest absolute Gasteiger partial charge is 0.308 e. The average molecular weight is 470 g/mol. The minimum absolute atomic E-state index is 0.183. The van der Waals surface area contributed by atoms with Gasteiger partial charge in [-0.2, -0.15) is 5.10 Å². The first-order chi connectivity index (χ1) is 17.0. The van der Waals surface area contributed by atoms with E-state index in [1.54, 1.807) is 30.7 Å². The Morgan fingerprint density at radius 1 is 0.886 bits per heavy atom. The third-order valence-electron chi connectivity index (χ3n) is 5.12. The summed E-state index contributed by atoms with van der Waals surface area (Å²) in [7, 11) is 0. The Hall–Kier alpha value is -4.99. The number of benzene rings is 3. The van der Waals surface area contributed by atoms with Crippen molar-refractivity contribution in [2.24, 2.45) is 0 Å². The fourth-order valence-corrected chi connectivity index (χ4v) is 3.43. The summed E-state index contributed by atoms with van der Waals surface area (Å²) in [5.74, 6) is -1.45. The number of urea groups is 1. The highest BCUT2D eigenvalue weighted by atomic mass is 19.1. The second-order valence-electron chi connectivity index (χ2n) is 7.46. The second-order valence-corrected chi connectivity index (χ2v) is 7.46. The summed E-state index contributed by atoms with van der Waals surface area (Å²) in [6.45, 7) is 0. The SMILES string of the molecule is O=C(Nc1ccc(F)cc1)Nc1cccc(C(=O)c2ccc3ncc(-n4cccn4)nc3c2)c1F. The van der Waals surface area contributed by atoms with Gasteiger partial charge in [0.1, 0.15) is 5.82 Å². The Kier molecular flexibility index (Phi) is 5.68. The third kappa shape index (κ3) is 4.58. The maximum atomic E-state index is 15.2. The first-order valence-corrected chi connectivity index (χ1v) is 10.4. The molecule has 0 aliphatic carbocycles. The molecule has 0 saturated carbocycles. The second kappa shape index (κ2) is 9.10. The molecule has 2 heterocycles. The summed E-state index contributed by atoms with van der Waals surface area (Å²) in [5, 5.41) is 8.96. The molecule has 0 unspecified atom stereocenters. The van der Waals surface area contributed by atoms with Crippen molar-refractivity contribution in [1.82, 2.24) is 19.7 Å². The molecule has 8 nitrogen and oxygen atoms in total. The van der Waals surface area contributed by atoms with Crippen molar-refractivity contribution in [2.75, 3.05) is 10.6 Å². The Morgan fingerprint density at radius 3 is 2.49 bits per heavy atom. The molecule has 0 bridgehead atoms. The number of carbonyl (C=O) groups excluding carboxylic acids is 2. The van der Waals surface area contributed by atoms with Crippen molar-refractivity contribution < 1.29 is 18.4 Å². The predicted molar refractivity (Wildman–Crippen MR) is 126 cm³/mol. The summed E-state index contributed by atoms with van der Waals surface area (Å²) >= 11 is 0. The zero-order chi connectivity index (χ0) is 24.4. The number of nitrogens with zero attached hydrogens (tertiary/aromatic N) is 4. The number of ketones is 1. The molecule has 2 N–H and O–H groups in total. The van der Waals surface area contributed by atoms with Gasteiger partial charge in [-0.1, -0.05) is 6.07 Å². The van der Waals surface area contributed by atoms with E-state index in [9.17, 15) is 14.0 Å². The first kappa shape index (κ1) is 21.8. The Bertz CT molecular complexity index is 1550. The molecule has 0 atom stereocenters. The van der Waals surface area contributed by atoms with Crippen molar-refractivity contribution in [3.8, 4) is 5.82 Å². The van der Waals surface area contributed by atoms with Crippen LogP contribution in [0.25, 0.3) is 16.9 Å². The molecule has 2 amide bonds. The summed E-state index contributed by atoms with van der Waals surface area (Å²) in [5.41, 5.74) is 1.12. The number of hydrogen-bond donors (Lipinski definition) is 2. The highest BCUT2D eigenvalue weighted by Gasteiger charge is 2.19. The van der Waals surface area contributed by atoms with Crippen LogP contribution in [0.5, 0.6) is 0 Å². The van der Waals surface area contributed by atoms with E-state index in [1.165, 1.54) is 59.3 Å². The van der Waals surface area contributed by atoms with Crippen LogP contribution in [0.15, 0.2) is 85.3 Å². The molecule has 10 heteroatoms. The molecule has 172 valence electrons. The van der Waals surface area contributed by atoms with Gasteiger partial charge >= 0.3 is 6.03 Å². The van der Waals surface area contributed by atoms with Crippen molar-refractivity contribution in [3.05, 3.63) is 108 Å². The number of nitrogens with one attached hydrogen (secondary N) is 2. The minimum atomic E-state index is -0.886. The standard InChI is InChI=1S/C25H16F2N6O2/c26-16-6-8-17(9-7-16)30-25(35)32-20-4-1-3-18(23(20)27)24(34)15-5-10-19-21(13-15)31-22(14-28-19)33-12-2-11-29-33/h1-14H,(H2,30,32,35). The molecular formula is C25H16F2N6O2. The maximum Gasteiger partial charge on any atom is 0.323 e. The zero-order valence-electron chi connectivity index (χ0n) is 17.9. The number of hydrogen-bond acceptors (Lipinski definition) is 5. The van der Waals surface area contributed by atoms with E-state index in [-0.39, 0.29) is 16.8 Å². The van der Waals surface area contributed by atoms with Crippen molar-refractivity contribution in [1.29, 1.82) is 0 Å². The van der Waals surface area contributed by atoms with Crippen LogP contribution >= 0.6 is 0 Å². The molecular weight excluding hydrogens is 454 g/mol. The lowest BCUT2D eigenvalue weighted by Gasteiger charge is -2.11. The topological polar surface area (TPSA) is 102 Å². The number of carbonyl (C=O) groups is 2. The van der Waals surface area contributed by atoms with E-state index in [4.69, 9.17) is 0 Å². The quantitative estimate of drug-likeness (QED) is 0.353. The molecule has 0 spiro atoms. The van der Waals surface area contributed by atoms with Gasteiger partial charge in [0.25, 0.3) is 0 Å². The summed E-state index contributed by atoms with van der Waals surface area (Å²) in [4.78, 5) is 34.2. The van der Waals surface area contributed by atoms with Crippen LogP contribution in [-0.4, -0.2) is 31.6 Å². The van der Waals surface area contributed by atoms with Gasteiger partial charge in [0.05, 0.1) is 28.5 Å². The van der Waals surface area contributed by atoms with E-state index in [2.05, 4.69) is 25.7 Å². The van der Waals surface area contributed by atoms with Crippen LogP contribution in [0.2, 0.25) is 0 Å². The molecule has 0 aliphatic heterocycles. The molecule has 5 rings (SSSR count). The van der Waals surface area contributed by atoms with E-state index < -0.39 is 23.4 Å². The van der Waals surface area contributed by atoms with E-state index in [0.717, 1.165) is 0 Å². The molecule has 2 aromatic heterocycles. The lowest BCUT2D eigenvalue weighted by atomic mass is 10.0. The van der Waals surface area contributed by atoms with Crippen LogP contribution in [0.1, 0.15) is 15.9 Å². The average Bonchev–Trinajstić information content (AvgIpc) is 3.41. The van der Waals surface area contributed by atoms with Gasteiger partial charge in [-0.25, -0.2) is 23.2 Å². The molecule has 35 heavy (non-hydrogen) atoms.